The molecular formula is C12H22FN. The summed E-state index contributed by atoms with van der Waals surface area (Å²) in [6.45, 7) is 2.01. The van der Waals surface area contributed by atoms with E-state index in [1.807, 2.05) is 0 Å². The predicted molar refractivity (Wildman–Crippen MR) is 57.1 cm³/mol. The largest absolute Gasteiger partial charge is 0.316 e. The molecule has 0 bridgehead atoms. The van der Waals surface area contributed by atoms with Crippen molar-refractivity contribution in [2.45, 2.75) is 51.1 Å². The molecule has 14 heavy (non-hydrogen) atoms. The lowest BCUT2D eigenvalue weighted by atomic mass is 9.88. The smallest absolute Gasteiger partial charge is 0.107 e. The molecule has 1 N–H and O–H groups in total. The van der Waals surface area contributed by atoms with Crippen molar-refractivity contribution in [3.05, 3.63) is 0 Å². The summed E-state index contributed by atoms with van der Waals surface area (Å²) in [5.41, 5.74) is 0. The Kier molecular flexibility index (Phi) is 3.80. The summed E-state index contributed by atoms with van der Waals surface area (Å²) in [7, 11) is 0. The Bertz CT molecular complexity index is 158. The van der Waals surface area contributed by atoms with Gasteiger partial charge >= 0.3 is 0 Å². The average Bonchev–Trinajstić information content (AvgIpc) is 2.59. The summed E-state index contributed by atoms with van der Waals surface area (Å²) in [6.07, 6.45) is 7.80. The van der Waals surface area contributed by atoms with Crippen LogP contribution in [0.3, 0.4) is 0 Å². The average molecular weight is 199 g/mol. The molecule has 1 heterocycles. The summed E-state index contributed by atoms with van der Waals surface area (Å²) < 4.78 is 14.1. The third-order valence-electron chi connectivity index (χ3n) is 3.89. The van der Waals surface area contributed by atoms with E-state index in [0.29, 0.717) is 11.8 Å². The van der Waals surface area contributed by atoms with Gasteiger partial charge in [0.25, 0.3) is 0 Å². The van der Waals surface area contributed by atoms with Gasteiger partial charge in [-0.2, -0.15) is 0 Å². The number of alkyl halides is 1. The first kappa shape index (κ1) is 10.4. The lowest BCUT2D eigenvalue weighted by Gasteiger charge is -2.24. The number of halogens is 1. The summed E-state index contributed by atoms with van der Waals surface area (Å²) in [5, 5.41) is 3.36. The van der Waals surface area contributed by atoms with Gasteiger partial charge in [-0.3, -0.25) is 0 Å². The zero-order chi connectivity index (χ0) is 9.80. The van der Waals surface area contributed by atoms with Gasteiger partial charge in [-0.25, -0.2) is 4.39 Å². The van der Waals surface area contributed by atoms with E-state index in [4.69, 9.17) is 0 Å². The van der Waals surface area contributed by atoms with E-state index in [0.717, 1.165) is 32.4 Å². The van der Waals surface area contributed by atoms with E-state index in [2.05, 4.69) is 5.32 Å². The highest BCUT2D eigenvalue weighted by Crippen LogP contribution is 2.34. The van der Waals surface area contributed by atoms with Gasteiger partial charge in [0, 0.05) is 12.5 Å². The molecule has 0 aromatic heterocycles. The van der Waals surface area contributed by atoms with Crippen molar-refractivity contribution in [2.75, 3.05) is 13.1 Å². The van der Waals surface area contributed by atoms with Gasteiger partial charge in [0.15, 0.2) is 0 Å². The monoisotopic (exact) mass is 199 g/mol. The fourth-order valence-electron chi connectivity index (χ4n) is 2.98. The maximum Gasteiger partial charge on any atom is 0.107 e. The van der Waals surface area contributed by atoms with Gasteiger partial charge in [-0.15, -0.1) is 0 Å². The molecule has 2 atom stereocenters. The fraction of sp³-hybridized carbons (Fsp3) is 1.00. The first-order valence-electron chi connectivity index (χ1n) is 6.22. The van der Waals surface area contributed by atoms with E-state index in [9.17, 15) is 4.39 Å². The van der Waals surface area contributed by atoms with Crippen molar-refractivity contribution >= 4 is 0 Å². The molecule has 2 aliphatic rings. The van der Waals surface area contributed by atoms with Crippen LogP contribution < -0.4 is 5.32 Å². The maximum absolute atomic E-state index is 14.1. The van der Waals surface area contributed by atoms with Crippen LogP contribution in [0.25, 0.3) is 0 Å². The third kappa shape index (κ3) is 2.47. The lowest BCUT2D eigenvalue weighted by Crippen LogP contribution is -2.31. The molecule has 1 nitrogen and oxygen atoms in total. The van der Waals surface area contributed by atoms with Crippen LogP contribution in [0.5, 0.6) is 0 Å². The highest BCUT2D eigenvalue weighted by atomic mass is 19.1. The van der Waals surface area contributed by atoms with Crippen LogP contribution in [0.4, 0.5) is 4.39 Å². The lowest BCUT2D eigenvalue weighted by molar-refractivity contribution is 0.145. The van der Waals surface area contributed by atoms with Gasteiger partial charge in [0.1, 0.15) is 6.17 Å². The Hall–Kier alpha value is -0.110. The van der Waals surface area contributed by atoms with Crippen LogP contribution in [0, 0.1) is 11.8 Å². The Morgan fingerprint density at radius 1 is 0.929 bits per heavy atom. The molecule has 0 aromatic carbocycles. The van der Waals surface area contributed by atoms with E-state index < -0.39 is 6.17 Å². The number of hydrogen-bond donors (Lipinski definition) is 1. The summed E-state index contributed by atoms with van der Waals surface area (Å²) >= 11 is 0. The van der Waals surface area contributed by atoms with E-state index in [-0.39, 0.29) is 0 Å². The third-order valence-corrected chi connectivity index (χ3v) is 3.89. The Morgan fingerprint density at radius 3 is 2.36 bits per heavy atom. The highest BCUT2D eigenvalue weighted by Gasteiger charge is 2.31. The molecule has 2 unspecified atom stereocenters. The molecule has 0 amide bonds. The first-order chi connectivity index (χ1) is 6.88. The topological polar surface area (TPSA) is 12.0 Å². The molecule has 0 spiro atoms. The first-order valence-corrected chi connectivity index (χ1v) is 6.22. The second kappa shape index (κ2) is 5.11. The molecule has 0 aromatic rings. The van der Waals surface area contributed by atoms with Crippen molar-refractivity contribution in [3.63, 3.8) is 0 Å². The number of nitrogens with one attached hydrogen (secondary N) is 1. The Labute approximate surface area is 86.5 Å². The van der Waals surface area contributed by atoms with Gasteiger partial charge in [0.2, 0.25) is 0 Å². The summed E-state index contributed by atoms with van der Waals surface area (Å²) in [4.78, 5) is 0. The minimum atomic E-state index is -0.525. The SMILES string of the molecule is FC(C1CCCC1)C1CCCCNC1. The molecule has 82 valence electrons. The van der Waals surface area contributed by atoms with Crippen LogP contribution in [0.1, 0.15) is 44.9 Å². The molecule has 0 radical (unpaired) electrons. The summed E-state index contributed by atoms with van der Waals surface area (Å²) in [6, 6.07) is 0. The molecule has 2 rings (SSSR count). The standard InChI is InChI=1S/C12H22FN/c13-12(10-5-1-2-6-10)11-7-3-4-8-14-9-11/h10-12,14H,1-9H2. The van der Waals surface area contributed by atoms with Crippen molar-refractivity contribution in [2.24, 2.45) is 11.8 Å². The second-order valence-corrected chi connectivity index (χ2v) is 4.95. The van der Waals surface area contributed by atoms with Crippen LogP contribution in [-0.2, 0) is 0 Å². The Morgan fingerprint density at radius 2 is 1.57 bits per heavy atom. The highest BCUT2D eigenvalue weighted by molar-refractivity contribution is 4.82. The van der Waals surface area contributed by atoms with Crippen LogP contribution in [0.15, 0.2) is 0 Å². The zero-order valence-corrected chi connectivity index (χ0v) is 8.97. The van der Waals surface area contributed by atoms with Crippen LogP contribution in [0.2, 0.25) is 0 Å². The normalized spacial score (nSPS) is 32.8. The van der Waals surface area contributed by atoms with Crippen molar-refractivity contribution in [3.8, 4) is 0 Å². The number of rotatable bonds is 2. The van der Waals surface area contributed by atoms with Gasteiger partial charge in [0.05, 0.1) is 0 Å². The van der Waals surface area contributed by atoms with E-state index >= 15 is 0 Å². The minimum absolute atomic E-state index is 0.306. The van der Waals surface area contributed by atoms with Gasteiger partial charge in [-0.05, 0) is 38.1 Å². The van der Waals surface area contributed by atoms with Gasteiger partial charge in [-0.1, -0.05) is 19.3 Å². The minimum Gasteiger partial charge on any atom is -0.316 e. The van der Waals surface area contributed by atoms with Crippen molar-refractivity contribution in [1.29, 1.82) is 0 Å². The molecule has 2 heteroatoms. The van der Waals surface area contributed by atoms with Crippen LogP contribution in [-0.4, -0.2) is 19.3 Å². The molecule has 1 saturated heterocycles. The molecule has 1 aliphatic heterocycles. The maximum atomic E-state index is 14.1. The predicted octanol–water partition coefficient (Wildman–Crippen LogP) is 2.90. The van der Waals surface area contributed by atoms with Crippen LogP contribution >= 0.6 is 0 Å². The molecular weight excluding hydrogens is 177 g/mol. The molecule has 1 aliphatic carbocycles. The van der Waals surface area contributed by atoms with Crippen molar-refractivity contribution < 1.29 is 4.39 Å². The Balaban J connectivity index is 1.84. The van der Waals surface area contributed by atoms with E-state index in [1.54, 1.807) is 0 Å². The number of hydrogen-bond acceptors (Lipinski definition) is 1. The zero-order valence-electron chi connectivity index (χ0n) is 8.97. The fourth-order valence-corrected chi connectivity index (χ4v) is 2.98. The second-order valence-electron chi connectivity index (χ2n) is 4.95. The molecule has 1 saturated carbocycles. The molecule has 2 fully saturated rings. The van der Waals surface area contributed by atoms with E-state index in [1.165, 1.54) is 25.7 Å². The quantitative estimate of drug-likeness (QED) is 0.721. The van der Waals surface area contributed by atoms with Crippen molar-refractivity contribution in [1.82, 2.24) is 5.32 Å². The van der Waals surface area contributed by atoms with Gasteiger partial charge < -0.3 is 5.32 Å². The summed E-state index contributed by atoms with van der Waals surface area (Å²) in [5.74, 6) is 0.695.